The molecule has 0 radical (unpaired) electrons. The topological polar surface area (TPSA) is 45.3 Å². The van der Waals surface area contributed by atoms with Crippen molar-refractivity contribution in [3.63, 3.8) is 0 Å². The highest BCUT2D eigenvalue weighted by molar-refractivity contribution is 5.85. The lowest BCUT2D eigenvalue weighted by Crippen LogP contribution is -2.39. The maximum atomic E-state index is 12.5. The molecular formula is C20H20N2O2. The maximum Gasteiger partial charge on any atom is 0.410 e. The van der Waals surface area contributed by atoms with E-state index < -0.39 is 0 Å². The molecule has 0 bridgehead atoms. The lowest BCUT2D eigenvalue weighted by atomic mass is 9.92. The number of nitrogens with one attached hydrogen (secondary N) is 1. The van der Waals surface area contributed by atoms with Gasteiger partial charge in [0.05, 0.1) is 19.2 Å². The van der Waals surface area contributed by atoms with E-state index in [4.69, 9.17) is 4.74 Å². The Kier molecular flexibility index (Phi) is 3.73. The number of hydrogen-bond donors (Lipinski definition) is 1. The van der Waals surface area contributed by atoms with Gasteiger partial charge in [-0.3, -0.25) is 4.90 Å². The molecule has 1 amide bonds. The lowest BCUT2D eigenvalue weighted by Gasteiger charge is -2.35. The van der Waals surface area contributed by atoms with Crippen molar-refractivity contribution in [2.24, 2.45) is 0 Å². The second-order valence-corrected chi connectivity index (χ2v) is 6.09. The van der Waals surface area contributed by atoms with Gasteiger partial charge in [-0.15, -0.1) is 0 Å². The summed E-state index contributed by atoms with van der Waals surface area (Å²) < 4.78 is 5.30. The van der Waals surface area contributed by atoms with E-state index in [2.05, 4.69) is 35.3 Å². The molecule has 0 aliphatic carbocycles. The number of H-pyrrole nitrogens is 1. The summed E-state index contributed by atoms with van der Waals surface area (Å²) in [4.78, 5) is 17.8. The molecule has 0 saturated carbocycles. The third-order valence-corrected chi connectivity index (χ3v) is 4.69. The van der Waals surface area contributed by atoms with Gasteiger partial charge in [0, 0.05) is 16.6 Å². The number of fused-ring (bicyclic) bond motifs is 3. The van der Waals surface area contributed by atoms with Gasteiger partial charge >= 0.3 is 6.09 Å². The molecule has 1 aliphatic rings. The van der Waals surface area contributed by atoms with Crippen LogP contribution in [0.5, 0.6) is 0 Å². The van der Waals surface area contributed by atoms with Crippen molar-refractivity contribution in [1.82, 2.24) is 9.88 Å². The summed E-state index contributed by atoms with van der Waals surface area (Å²) >= 11 is 0. The summed E-state index contributed by atoms with van der Waals surface area (Å²) in [6.07, 6.45) is 0.540. The minimum absolute atomic E-state index is 0.00282. The summed E-state index contributed by atoms with van der Waals surface area (Å²) in [5, 5.41) is 1.25. The Morgan fingerprint density at radius 3 is 2.71 bits per heavy atom. The van der Waals surface area contributed by atoms with E-state index in [0.717, 1.165) is 23.2 Å². The van der Waals surface area contributed by atoms with Crippen LogP contribution in [-0.4, -0.2) is 22.6 Å². The van der Waals surface area contributed by atoms with Crippen LogP contribution in [0.25, 0.3) is 10.9 Å². The molecule has 0 spiro atoms. The van der Waals surface area contributed by atoms with Crippen LogP contribution in [0.1, 0.15) is 29.8 Å². The molecule has 4 heteroatoms. The van der Waals surface area contributed by atoms with Gasteiger partial charge in [0.2, 0.25) is 0 Å². The van der Waals surface area contributed by atoms with Crippen molar-refractivity contribution in [2.45, 2.75) is 25.9 Å². The van der Waals surface area contributed by atoms with Crippen molar-refractivity contribution in [3.8, 4) is 0 Å². The zero-order valence-electron chi connectivity index (χ0n) is 13.7. The highest BCUT2D eigenvalue weighted by atomic mass is 16.6. The number of para-hydroxylation sites is 1. The van der Waals surface area contributed by atoms with Crippen LogP contribution in [0, 0.1) is 0 Å². The first kappa shape index (κ1) is 14.8. The molecule has 1 atom stereocenters. The number of carbonyl (C=O) groups excluding carboxylic acids is 1. The fourth-order valence-electron chi connectivity index (χ4n) is 3.58. The van der Waals surface area contributed by atoms with Crippen LogP contribution < -0.4 is 0 Å². The third-order valence-electron chi connectivity index (χ3n) is 4.69. The summed E-state index contributed by atoms with van der Waals surface area (Å²) in [6.45, 7) is 2.77. The Labute approximate surface area is 141 Å². The number of aromatic amines is 1. The standard InChI is InChI=1S/C20H20N2O2/c1-2-24-20(23)22-13-18-16(15-10-6-7-11-17(15)21-18)12-19(22)14-8-4-3-5-9-14/h3-11,19,21H,2,12-13H2,1H3. The number of rotatable bonds is 2. The molecule has 0 saturated heterocycles. The molecule has 1 N–H and O–H groups in total. The van der Waals surface area contributed by atoms with Crippen LogP contribution in [-0.2, 0) is 17.7 Å². The fourth-order valence-corrected chi connectivity index (χ4v) is 3.58. The van der Waals surface area contributed by atoms with Crippen molar-refractivity contribution in [3.05, 3.63) is 71.4 Å². The first-order valence-electron chi connectivity index (χ1n) is 8.34. The largest absolute Gasteiger partial charge is 0.450 e. The zero-order chi connectivity index (χ0) is 16.5. The molecule has 122 valence electrons. The number of carbonyl (C=O) groups is 1. The molecule has 0 fully saturated rings. The molecule has 24 heavy (non-hydrogen) atoms. The van der Waals surface area contributed by atoms with Gasteiger partial charge in [-0.25, -0.2) is 4.79 Å². The van der Waals surface area contributed by atoms with E-state index in [1.54, 1.807) is 0 Å². The van der Waals surface area contributed by atoms with Crippen molar-refractivity contribution in [2.75, 3.05) is 6.61 Å². The minimum Gasteiger partial charge on any atom is -0.450 e. The smallest absolute Gasteiger partial charge is 0.410 e. The Morgan fingerprint density at radius 2 is 1.92 bits per heavy atom. The Bertz CT molecular complexity index is 870. The number of nitrogens with zero attached hydrogens (tertiary/aromatic N) is 1. The second-order valence-electron chi connectivity index (χ2n) is 6.09. The van der Waals surface area contributed by atoms with E-state index in [9.17, 15) is 4.79 Å². The molecule has 1 aromatic heterocycles. The number of hydrogen-bond acceptors (Lipinski definition) is 2. The van der Waals surface area contributed by atoms with E-state index in [1.165, 1.54) is 10.9 Å². The Balaban J connectivity index is 1.79. The average Bonchev–Trinajstić information content (AvgIpc) is 2.99. The predicted octanol–water partition coefficient (Wildman–Crippen LogP) is 4.42. The minimum atomic E-state index is -0.254. The number of amides is 1. The number of aromatic nitrogens is 1. The quantitative estimate of drug-likeness (QED) is 0.759. The SMILES string of the molecule is CCOC(=O)N1Cc2[nH]c3ccccc3c2CC1c1ccccc1. The van der Waals surface area contributed by atoms with Crippen LogP contribution in [0.15, 0.2) is 54.6 Å². The summed E-state index contributed by atoms with van der Waals surface area (Å²) in [7, 11) is 0. The van der Waals surface area contributed by atoms with Gasteiger partial charge in [-0.05, 0) is 30.5 Å². The van der Waals surface area contributed by atoms with Crippen LogP contribution >= 0.6 is 0 Å². The molecule has 2 heterocycles. The molecule has 3 aromatic rings. The zero-order valence-corrected chi connectivity index (χ0v) is 13.7. The lowest BCUT2D eigenvalue weighted by molar-refractivity contribution is 0.0817. The van der Waals surface area contributed by atoms with Crippen LogP contribution in [0.2, 0.25) is 0 Å². The summed E-state index contributed by atoms with van der Waals surface area (Å²) in [5.41, 5.74) is 4.68. The average molecular weight is 320 g/mol. The first-order valence-corrected chi connectivity index (χ1v) is 8.34. The van der Waals surface area contributed by atoms with Gasteiger partial charge in [-0.2, -0.15) is 0 Å². The predicted molar refractivity (Wildman–Crippen MR) is 93.8 cm³/mol. The van der Waals surface area contributed by atoms with Gasteiger partial charge < -0.3 is 9.72 Å². The monoisotopic (exact) mass is 320 g/mol. The molecule has 1 aliphatic heterocycles. The van der Waals surface area contributed by atoms with Gasteiger partial charge in [0.1, 0.15) is 0 Å². The Morgan fingerprint density at radius 1 is 1.17 bits per heavy atom. The van der Waals surface area contributed by atoms with E-state index in [-0.39, 0.29) is 12.1 Å². The normalized spacial score (nSPS) is 16.9. The van der Waals surface area contributed by atoms with Crippen molar-refractivity contribution < 1.29 is 9.53 Å². The van der Waals surface area contributed by atoms with E-state index in [1.807, 2.05) is 36.1 Å². The number of benzene rings is 2. The van der Waals surface area contributed by atoms with E-state index in [0.29, 0.717) is 13.2 Å². The molecule has 2 aromatic carbocycles. The molecular weight excluding hydrogens is 300 g/mol. The summed E-state index contributed by atoms with van der Waals surface area (Å²) in [5.74, 6) is 0. The number of ether oxygens (including phenoxy) is 1. The third kappa shape index (κ3) is 2.44. The van der Waals surface area contributed by atoms with Crippen LogP contribution in [0.3, 0.4) is 0 Å². The van der Waals surface area contributed by atoms with Gasteiger partial charge in [0.25, 0.3) is 0 Å². The van der Waals surface area contributed by atoms with Crippen molar-refractivity contribution >= 4 is 17.0 Å². The van der Waals surface area contributed by atoms with Crippen LogP contribution in [0.4, 0.5) is 4.79 Å². The first-order chi connectivity index (χ1) is 11.8. The van der Waals surface area contributed by atoms with Gasteiger partial charge in [-0.1, -0.05) is 48.5 Å². The van der Waals surface area contributed by atoms with E-state index >= 15 is 0 Å². The molecule has 4 rings (SSSR count). The fraction of sp³-hybridized carbons (Fsp3) is 0.250. The summed E-state index contributed by atoms with van der Waals surface area (Å²) in [6, 6.07) is 18.5. The highest BCUT2D eigenvalue weighted by Gasteiger charge is 2.33. The molecule has 4 nitrogen and oxygen atoms in total. The van der Waals surface area contributed by atoms with Crippen molar-refractivity contribution in [1.29, 1.82) is 0 Å². The molecule has 1 unspecified atom stereocenters. The van der Waals surface area contributed by atoms with Gasteiger partial charge in [0.15, 0.2) is 0 Å². The second kappa shape index (κ2) is 6.04. The highest BCUT2D eigenvalue weighted by Crippen LogP contribution is 2.37. The maximum absolute atomic E-state index is 12.5. The Hall–Kier alpha value is -2.75.